The molecule has 0 aliphatic heterocycles. The number of unbranched alkanes of at least 4 members (excludes halogenated alkanes) is 2. The number of allylic oxidation sites excluding steroid dienone is 10. The Hall–Kier alpha value is -4.11. The Morgan fingerprint density at radius 3 is 1.98 bits per heavy atom. The molecule has 0 unspecified atom stereocenters. The van der Waals surface area contributed by atoms with Crippen LogP contribution in [0.25, 0.3) is 0 Å². The second kappa shape index (κ2) is 24.5. The molecule has 9 nitrogen and oxygen atoms in total. The van der Waals surface area contributed by atoms with Crippen LogP contribution in [0.1, 0.15) is 82.0 Å². The molecular weight excluding hydrogens is 546 g/mol. The number of aromatic carboxylic acids is 1. The zero-order chi connectivity index (χ0) is 31.5. The number of amides is 3. The Morgan fingerprint density at radius 2 is 1.40 bits per heavy atom. The number of urea groups is 1. The van der Waals surface area contributed by atoms with Crippen molar-refractivity contribution in [2.75, 3.05) is 25.0 Å². The van der Waals surface area contributed by atoms with E-state index in [9.17, 15) is 19.5 Å². The first-order valence-electron chi connectivity index (χ1n) is 15.1. The van der Waals surface area contributed by atoms with Gasteiger partial charge in [-0.05, 0) is 76.0 Å². The molecule has 0 fully saturated rings. The van der Waals surface area contributed by atoms with E-state index in [4.69, 9.17) is 9.84 Å². The summed E-state index contributed by atoms with van der Waals surface area (Å²) in [6.45, 7) is 4.91. The zero-order valence-electron chi connectivity index (χ0n) is 25.6. The van der Waals surface area contributed by atoms with Gasteiger partial charge in [-0.25, -0.2) is 9.59 Å². The highest BCUT2D eigenvalue weighted by molar-refractivity contribution is 5.95. The Balaban J connectivity index is 2.10. The van der Waals surface area contributed by atoms with Crippen LogP contribution in [0.2, 0.25) is 0 Å². The molecule has 43 heavy (non-hydrogen) atoms. The van der Waals surface area contributed by atoms with Crippen molar-refractivity contribution in [1.29, 1.82) is 0 Å². The van der Waals surface area contributed by atoms with Gasteiger partial charge >= 0.3 is 12.0 Å². The molecule has 5 N–H and O–H groups in total. The minimum absolute atomic E-state index is 0.172. The van der Waals surface area contributed by atoms with Crippen molar-refractivity contribution in [3.63, 3.8) is 0 Å². The third-order valence-electron chi connectivity index (χ3n) is 6.10. The van der Waals surface area contributed by atoms with Crippen LogP contribution in [0.15, 0.2) is 79.0 Å². The average molecular weight is 596 g/mol. The normalized spacial score (nSPS) is 12.6. The van der Waals surface area contributed by atoms with E-state index >= 15 is 0 Å². The fraction of sp³-hybridized carbons (Fsp3) is 0.441. The molecule has 0 saturated heterocycles. The Bertz CT molecular complexity index is 1110. The number of aromatic hydroxyl groups is 1. The number of carbonyl (C=O) groups is 3. The van der Waals surface area contributed by atoms with Crippen LogP contribution in [0, 0.1) is 0 Å². The van der Waals surface area contributed by atoms with Crippen molar-refractivity contribution in [2.24, 2.45) is 0 Å². The van der Waals surface area contributed by atoms with Crippen LogP contribution in [0.4, 0.5) is 10.5 Å². The number of benzene rings is 1. The van der Waals surface area contributed by atoms with Crippen LogP contribution in [0.5, 0.6) is 5.75 Å². The van der Waals surface area contributed by atoms with Gasteiger partial charge in [0.25, 0.3) is 0 Å². The van der Waals surface area contributed by atoms with Crippen molar-refractivity contribution in [3.05, 3.63) is 84.5 Å². The van der Waals surface area contributed by atoms with Crippen molar-refractivity contribution >= 4 is 23.6 Å². The van der Waals surface area contributed by atoms with E-state index < -0.39 is 18.1 Å². The first kappa shape index (κ1) is 36.9. The molecule has 1 rings (SSSR count). The maximum Gasteiger partial charge on any atom is 0.339 e. The first-order chi connectivity index (χ1) is 20.9. The van der Waals surface area contributed by atoms with Gasteiger partial charge in [0.2, 0.25) is 5.91 Å². The highest BCUT2D eigenvalue weighted by Gasteiger charge is 2.16. The Kier molecular flexibility index (Phi) is 21.0. The van der Waals surface area contributed by atoms with E-state index in [1.54, 1.807) is 0 Å². The first-order valence-corrected chi connectivity index (χ1v) is 15.1. The lowest BCUT2D eigenvalue weighted by atomic mass is 10.2. The molecule has 0 aromatic heterocycles. The van der Waals surface area contributed by atoms with Crippen LogP contribution in [-0.2, 0) is 9.53 Å². The van der Waals surface area contributed by atoms with E-state index in [-0.39, 0.29) is 36.0 Å². The number of carbonyl (C=O) groups excluding carboxylic acids is 2. The number of anilines is 1. The fourth-order valence-electron chi connectivity index (χ4n) is 3.77. The highest BCUT2D eigenvalue weighted by Crippen LogP contribution is 2.21. The lowest BCUT2D eigenvalue weighted by molar-refractivity contribution is -0.133. The second-order valence-corrected chi connectivity index (χ2v) is 9.68. The van der Waals surface area contributed by atoms with Gasteiger partial charge in [0.1, 0.15) is 17.4 Å². The highest BCUT2D eigenvalue weighted by atomic mass is 16.5. The quantitative estimate of drug-likeness (QED) is 0.0554. The topological polar surface area (TPSA) is 137 Å². The third-order valence-corrected chi connectivity index (χ3v) is 6.10. The lowest BCUT2D eigenvalue weighted by Crippen LogP contribution is -2.41. The molecule has 0 heterocycles. The molecule has 0 aliphatic carbocycles. The summed E-state index contributed by atoms with van der Waals surface area (Å²) in [6, 6.07) is 3.17. The van der Waals surface area contributed by atoms with Gasteiger partial charge in [-0.3, -0.25) is 4.79 Å². The molecule has 236 valence electrons. The predicted molar refractivity (Wildman–Crippen MR) is 173 cm³/mol. The molecule has 0 saturated carbocycles. The summed E-state index contributed by atoms with van der Waals surface area (Å²) in [5.74, 6) is -1.92. The molecule has 0 bridgehead atoms. The van der Waals surface area contributed by atoms with Gasteiger partial charge in [-0.2, -0.15) is 0 Å². The summed E-state index contributed by atoms with van der Waals surface area (Å²) in [5.41, 5.74) is -0.0950. The minimum Gasteiger partial charge on any atom is -0.507 e. The molecule has 9 heteroatoms. The Morgan fingerprint density at radius 1 is 0.814 bits per heavy atom. The molecular formula is C34H49N3O6. The van der Waals surface area contributed by atoms with Gasteiger partial charge in [0.05, 0.1) is 0 Å². The number of nitrogens with one attached hydrogen (secondary N) is 3. The largest absolute Gasteiger partial charge is 0.507 e. The van der Waals surface area contributed by atoms with Gasteiger partial charge in [0.15, 0.2) is 0 Å². The summed E-state index contributed by atoms with van der Waals surface area (Å²) in [7, 11) is 0. The predicted octanol–water partition coefficient (Wildman–Crippen LogP) is 7.05. The number of carboxylic acids is 1. The SMILES string of the molecule is CC/C=C\C/C=C\C/C=C\C/C=C\C/C=C\CCCCO[C@H](CC)C(=O)NCCNC(=O)Nc1ccc(O)c(C(=O)O)c1. The average Bonchev–Trinajstić information content (AvgIpc) is 2.99. The van der Waals surface area contributed by atoms with E-state index in [1.807, 2.05) is 6.92 Å². The summed E-state index contributed by atoms with van der Waals surface area (Å²) >= 11 is 0. The number of rotatable bonds is 22. The summed E-state index contributed by atoms with van der Waals surface area (Å²) in [4.78, 5) is 35.5. The van der Waals surface area contributed by atoms with Crippen molar-refractivity contribution in [1.82, 2.24) is 10.6 Å². The maximum atomic E-state index is 12.4. The molecule has 1 atom stereocenters. The van der Waals surface area contributed by atoms with Crippen molar-refractivity contribution in [2.45, 2.75) is 77.7 Å². The van der Waals surface area contributed by atoms with E-state index in [2.05, 4.69) is 83.6 Å². The smallest absolute Gasteiger partial charge is 0.339 e. The van der Waals surface area contributed by atoms with E-state index in [1.165, 1.54) is 12.1 Å². The number of hydrogen-bond donors (Lipinski definition) is 5. The molecule has 1 aromatic rings. The van der Waals surface area contributed by atoms with Crippen molar-refractivity contribution in [3.8, 4) is 5.75 Å². The number of phenols is 1. The van der Waals surface area contributed by atoms with Crippen molar-refractivity contribution < 1.29 is 29.3 Å². The van der Waals surface area contributed by atoms with Crippen LogP contribution in [0.3, 0.4) is 0 Å². The summed E-state index contributed by atoms with van der Waals surface area (Å²) in [6.07, 6.45) is 29.6. The zero-order valence-corrected chi connectivity index (χ0v) is 25.6. The Labute approximate surface area is 256 Å². The number of ether oxygens (including phenoxy) is 1. The standard InChI is InChI=1S/C34H49N3O6/c1-3-5-6-7-8-9-10-11-12-13-14-15-16-17-18-19-20-21-26-43-31(4-2)32(39)35-24-25-36-34(42)37-28-22-23-30(38)29(27-28)33(40)41/h5-6,8-9,11-12,14-15,17-18,22-23,27,31,38H,3-4,7,10,13,16,19-21,24-26H2,1-2H3,(H,35,39)(H,40,41)(H2,36,37,42)/b6-5-,9-8-,12-11-,15-14-,18-17-/t31-/m1/s1. The maximum absolute atomic E-state index is 12.4. The van der Waals surface area contributed by atoms with Gasteiger partial charge in [-0.15, -0.1) is 0 Å². The van der Waals surface area contributed by atoms with Gasteiger partial charge in [0, 0.05) is 25.4 Å². The summed E-state index contributed by atoms with van der Waals surface area (Å²) < 4.78 is 5.75. The number of carboxylic acid groups (broad SMARTS) is 1. The lowest BCUT2D eigenvalue weighted by Gasteiger charge is -2.16. The minimum atomic E-state index is -1.30. The molecule has 3 amide bonds. The van der Waals surface area contributed by atoms with E-state index in [0.717, 1.165) is 57.4 Å². The molecule has 0 spiro atoms. The fourth-order valence-corrected chi connectivity index (χ4v) is 3.77. The second-order valence-electron chi connectivity index (χ2n) is 9.68. The van der Waals surface area contributed by atoms with Crippen LogP contribution >= 0.6 is 0 Å². The monoisotopic (exact) mass is 595 g/mol. The number of hydrogen-bond acceptors (Lipinski definition) is 5. The molecule has 0 radical (unpaired) electrons. The summed E-state index contributed by atoms with van der Waals surface area (Å²) in [5, 5.41) is 26.4. The molecule has 0 aliphatic rings. The molecule has 1 aromatic carbocycles. The van der Waals surface area contributed by atoms with Crippen LogP contribution < -0.4 is 16.0 Å². The third kappa shape index (κ3) is 18.8. The van der Waals surface area contributed by atoms with Gasteiger partial charge < -0.3 is 30.9 Å². The van der Waals surface area contributed by atoms with Crippen LogP contribution in [-0.4, -0.2) is 53.9 Å². The van der Waals surface area contributed by atoms with Gasteiger partial charge in [-0.1, -0.05) is 74.6 Å². The van der Waals surface area contributed by atoms with E-state index in [0.29, 0.717) is 13.0 Å².